The maximum atomic E-state index is 12.6. The van der Waals surface area contributed by atoms with Crippen molar-refractivity contribution in [3.63, 3.8) is 0 Å². The van der Waals surface area contributed by atoms with Crippen LogP contribution in [0.2, 0.25) is 0 Å². The van der Waals surface area contributed by atoms with Crippen molar-refractivity contribution >= 4 is 17.9 Å². The van der Waals surface area contributed by atoms with E-state index in [4.69, 9.17) is 14.2 Å². The Balaban J connectivity index is 1.35. The van der Waals surface area contributed by atoms with Gasteiger partial charge in [0.05, 0.1) is 11.8 Å². The molecule has 0 bridgehead atoms. The topological polar surface area (TPSA) is 78.9 Å². The van der Waals surface area contributed by atoms with Crippen LogP contribution in [0.15, 0.2) is 36.9 Å². The van der Waals surface area contributed by atoms with Gasteiger partial charge in [0.25, 0.3) is 0 Å². The second-order valence-electron chi connectivity index (χ2n) is 8.95. The fraction of sp³-hybridized carbons (Fsp3) is 0.577. The summed E-state index contributed by atoms with van der Waals surface area (Å²) in [5.74, 6) is 0.982. The summed E-state index contributed by atoms with van der Waals surface area (Å²) >= 11 is 0. The fourth-order valence-corrected chi connectivity index (χ4v) is 4.98. The van der Waals surface area contributed by atoms with Gasteiger partial charge in [-0.05, 0) is 81.8 Å². The molecule has 32 heavy (non-hydrogen) atoms. The Morgan fingerprint density at radius 3 is 1.94 bits per heavy atom. The highest BCUT2D eigenvalue weighted by Gasteiger charge is 2.35. The Morgan fingerprint density at radius 1 is 0.844 bits per heavy atom. The zero-order valence-corrected chi connectivity index (χ0v) is 18.9. The molecule has 0 aliphatic heterocycles. The van der Waals surface area contributed by atoms with Crippen molar-refractivity contribution in [2.24, 2.45) is 23.7 Å². The molecule has 174 valence electrons. The third-order valence-electron chi connectivity index (χ3n) is 6.92. The molecule has 0 amide bonds. The average Bonchev–Trinajstić information content (AvgIpc) is 2.83. The van der Waals surface area contributed by atoms with Gasteiger partial charge in [-0.15, -0.1) is 0 Å². The summed E-state index contributed by atoms with van der Waals surface area (Å²) in [5.41, 5.74) is 0.975. The Bertz CT molecular complexity index is 800. The van der Waals surface area contributed by atoms with E-state index in [1.54, 1.807) is 0 Å². The lowest BCUT2D eigenvalue weighted by Gasteiger charge is -2.36. The number of carbonyl (C=O) groups is 3. The molecule has 0 aromatic heterocycles. The number of ether oxygens (including phenoxy) is 3. The van der Waals surface area contributed by atoms with Gasteiger partial charge in [0.1, 0.15) is 19.0 Å². The molecule has 1 aromatic carbocycles. The molecule has 0 N–H and O–H groups in total. The highest BCUT2D eigenvalue weighted by atomic mass is 16.6. The van der Waals surface area contributed by atoms with Crippen LogP contribution in [0, 0.1) is 30.6 Å². The zero-order chi connectivity index (χ0) is 22.9. The zero-order valence-electron chi connectivity index (χ0n) is 18.9. The van der Waals surface area contributed by atoms with E-state index in [2.05, 4.69) is 6.58 Å². The summed E-state index contributed by atoms with van der Waals surface area (Å²) in [7, 11) is 0. The van der Waals surface area contributed by atoms with Crippen LogP contribution in [0.1, 0.15) is 56.9 Å². The van der Waals surface area contributed by atoms with E-state index in [-0.39, 0.29) is 37.0 Å². The molecule has 1 aromatic rings. The van der Waals surface area contributed by atoms with E-state index in [1.807, 2.05) is 31.2 Å². The summed E-state index contributed by atoms with van der Waals surface area (Å²) < 4.78 is 15.7. The van der Waals surface area contributed by atoms with Crippen LogP contribution in [0.3, 0.4) is 0 Å². The normalized spacial score (nSPS) is 25.4. The van der Waals surface area contributed by atoms with Crippen molar-refractivity contribution in [3.8, 4) is 5.75 Å². The summed E-state index contributed by atoms with van der Waals surface area (Å²) in [4.78, 5) is 35.8. The Labute approximate surface area is 190 Å². The summed E-state index contributed by atoms with van der Waals surface area (Å²) in [5, 5.41) is 0. The van der Waals surface area contributed by atoms with Crippen LogP contribution in [0.4, 0.5) is 0 Å². The number of para-hydroxylation sites is 1. The first kappa shape index (κ1) is 24.0. The van der Waals surface area contributed by atoms with Crippen molar-refractivity contribution in [1.29, 1.82) is 0 Å². The molecule has 0 unspecified atom stereocenters. The average molecular weight is 443 g/mol. The van der Waals surface area contributed by atoms with Gasteiger partial charge in [0.2, 0.25) is 0 Å². The Hall–Kier alpha value is -2.63. The van der Waals surface area contributed by atoms with Gasteiger partial charge in [0, 0.05) is 6.08 Å². The molecule has 2 fully saturated rings. The fourth-order valence-electron chi connectivity index (χ4n) is 4.98. The lowest BCUT2D eigenvalue weighted by molar-refractivity contribution is -0.154. The number of rotatable bonds is 8. The molecule has 0 radical (unpaired) electrons. The molecule has 3 rings (SSSR count). The van der Waals surface area contributed by atoms with E-state index in [0.29, 0.717) is 17.6 Å². The lowest BCUT2D eigenvalue weighted by Crippen LogP contribution is -2.31. The van der Waals surface area contributed by atoms with E-state index < -0.39 is 5.97 Å². The smallest absolute Gasteiger partial charge is 0.330 e. The van der Waals surface area contributed by atoms with Gasteiger partial charge in [-0.25, -0.2) is 4.79 Å². The van der Waals surface area contributed by atoms with Gasteiger partial charge >= 0.3 is 17.9 Å². The molecule has 0 atom stereocenters. The van der Waals surface area contributed by atoms with Gasteiger partial charge in [0.15, 0.2) is 0 Å². The Morgan fingerprint density at radius 2 is 1.38 bits per heavy atom. The molecule has 6 nitrogen and oxygen atoms in total. The number of hydrogen-bond acceptors (Lipinski definition) is 6. The standard InChI is InChI=1S/C26H34O6/c1-3-24(27)30-16-17-31-25(28)21-12-8-19(9-13-21)20-10-14-22(15-11-20)26(29)32-23-7-5-4-6-18(23)2/h3-7,19-22H,1,8-17H2,2H3. The molecular formula is C26H34O6. The monoisotopic (exact) mass is 442 g/mol. The first-order chi connectivity index (χ1) is 15.5. The lowest BCUT2D eigenvalue weighted by atomic mass is 9.69. The second-order valence-corrected chi connectivity index (χ2v) is 8.95. The van der Waals surface area contributed by atoms with Crippen LogP contribution in [-0.2, 0) is 23.9 Å². The highest BCUT2D eigenvalue weighted by molar-refractivity contribution is 5.81. The van der Waals surface area contributed by atoms with Crippen LogP contribution >= 0.6 is 0 Å². The molecule has 6 heteroatoms. The number of hydrogen-bond donors (Lipinski definition) is 0. The third kappa shape index (κ3) is 6.68. The first-order valence-corrected chi connectivity index (χ1v) is 11.7. The van der Waals surface area contributed by atoms with E-state index in [0.717, 1.165) is 63.0 Å². The number of aryl methyl sites for hydroxylation is 1. The number of benzene rings is 1. The Kier molecular flexibility index (Phi) is 8.89. The maximum absolute atomic E-state index is 12.6. The summed E-state index contributed by atoms with van der Waals surface area (Å²) in [6, 6.07) is 7.61. The van der Waals surface area contributed by atoms with Crippen molar-refractivity contribution in [2.45, 2.75) is 58.3 Å². The molecule has 2 aliphatic carbocycles. The van der Waals surface area contributed by atoms with Crippen molar-refractivity contribution < 1.29 is 28.6 Å². The highest BCUT2D eigenvalue weighted by Crippen LogP contribution is 2.42. The first-order valence-electron chi connectivity index (χ1n) is 11.7. The van der Waals surface area contributed by atoms with Crippen LogP contribution in [0.5, 0.6) is 5.75 Å². The van der Waals surface area contributed by atoms with Gasteiger partial charge in [-0.2, -0.15) is 0 Å². The predicted octanol–water partition coefficient (Wildman–Crippen LogP) is 4.79. The molecule has 0 heterocycles. The molecule has 2 aliphatic rings. The third-order valence-corrected chi connectivity index (χ3v) is 6.92. The van der Waals surface area contributed by atoms with Crippen LogP contribution in [-0.4, -0.2) is 31.1 Å². The number of esters is 3. The minimum atomic E-state index is -0.514. The summed E-state index contributed by atoms with van der Waals surface area (Å²) in [6.07, 6.45) is 8.65. The van der Waals surface area contributed by atoms with Crippen molar-refractivity contribution in [1.82, 2.24) is 0 Å². The minimum absolute atomic E-state index is 0.0210. The molecular weight excluding hydrogens is 408 g/mol. The van der Waals surface area contributed by atoms with Gasteiger partial charge in [-0.1, -0.05) is 24.8 Å². The molecule has 2 saturated carbocycles. The van der Waals surface area contributed by atoms with E-state index >= 15 is 0 Å². The van der Waals surface area contributed by atoms with Crippen molar-refractivity contribution in [2.75, 3.05) is 13.2 Å². The molecule has 0 saturated heterocycles. The predicted molar refractivity (Wildman–Crippen MR) is 120 cm³/mol. The largest absolute Gasteiger partial charge is 0.462 e. The van der Waals surface area contributed by atoms with Gasteiger partial charge < -0.3 is 14.2 Å². The quantitative estimate of drug-likeness (QED) is 0.249. The SMILES string of the molecule is C=CC(=O)OCCOC(=O)C1CCC(C2CCC(C(=O)Oc3ccccc3C)CC2)CC1. The number of carbonyl (C=O) groups excluding carboxylic acids is 3. The summed E-state index contributed by atoms with van der Waals surface area (Å²) in [6.45, 7) is 5.41. The van der Waals surface area contributed by atoms with E-state index in [9.17, 15) is 14.4 Å². The van der Waals surface area contributed by atoms with Crippen LogP contribution in [0.25, 0.3) is 0 Å². The van der Waals surface area contributed by atoms with Gasteiger partial charge in [-0.3, -0.25) is 9.59 Å². The van der Waals surface area contributed by atoms with Crippen LogP contribution < -0.4 is 4.74 Å². The molecule has 0 spiro atoms. The maximum Gasteiger partial charge on any atom is 0.330 e. The minimum Gasteiger partial charge on any atom is -0.462 e. The van der Waals surface area contributed by atoms with E-state index in [1.165, 1.54) is 0 Å². The second kappa shape index (κ2) is 11.8. The van der Waals surface area contributed by atoms with Crippen molar-refractivity contribution in [3.05, 3.63) is 42.5 Å².